The fraction of sp³-hybridized carbons (Fsp3) is 0.238. The minimum atomic E-state index is -0.233. The molecule has 2 aromatic carbocycles. The van der Waals surface area contributed by atoms with Gasteiger partial charge < -0.3 is 14.6 Å². The Balaban J connectivity index is 1.70. The van der Waals surface area contributed by atoms with Crippen molar-refractivity contribution < 1.29 is 9.53 Å². The molecular weight excluding hydrogens is 328 g/mol. The molecule has 1 atom stereocenters. The van der Waals surface area contributed by atoms with Gasteiger partial charge in [0.1, 0.15) is 11.4 Å². The maximum absolute atomic E-state index is 13.1. The van der Waals surface area contributed by atoms with Gasteiger partial charge in [-0.25, -0.2) is 0 Å². The van der Waals surface area contributed by atoms with E-state index in [1.54, 1.807) is 19.2 Å². The lowest BCUT2D eigenvalue weighted by Crippen LogP contribution is -2.32. The van der Waals surface area contributed by atoms with Crippen molar-refractivity contribution in [2.45, 2.75) is 18.9 Å². The summed E-state index contributed by atoms with van der Waals surface area (Å²) in [6.07, 6.45) is 1.84. The van der Waals surface area contributed by atoms with Crippen LogP contribution in [0.1, 0.15) is 34.9 Å². The highest BCUT2D eigenvalue weighted by Gasteiger charge is 2.31. The molecule has 132 valence electrons. The first-order valence-corrected chi connectivity index (χ1v) is 8.74. The maximum Gasteiger partial charge on any atom is 0.270 e. The number of methoxy groups -OCH3 is 1. The van der Waals surface area contributed by atoms with E-state index in [-0.39, 0.29) is 17.5 Å². The summed E-state index contributed by atoms with van der Waals surface area (Å²) in [7, 11) is 1.64. The lowest BCUT2D eigenvalue weighted by molar-refractivity contribution is 0.0729. The second-order valence-electron chi connectivity index (χ2n) is 6.53. The number of benzene rings is 2. The van der Waals surface area contributed by atoms with E-state index in [9.17, 15) is 9.59 Å². The van der Waals surface area contributed by atoms with Crippen LogP contribution in [-0.4, -0.2) is 29.4 Å². The minimum absolute atomic E-state index is 0.00688. The highest BCUT2D eigenvalue weighted by molar-refractivity contribution is 5.96. The summed E-state index contributed by atoms with van der Waals surface area (Å²) in [5.74, 6) is 0.638. The number of fused-ring (bicyclic) bond motifs is 1. The molecule has 0 saturated carbocycles. The van der Waals surface area contributed by atoms with Gasteiger partial charge in [0.2, 0.25) is 0 Å². The molecule has 4 rings (SSSR count). The Morgan fingerprint density at radius 2 is 2.00 bits per heavy atom. The standard InChI is InChI=1S/C21H20N2O3/c1-26-16-8-4-7-15(12-16)19-10-5-11-23(19)21(25)18-13-14-6-2-3-9-17(14)20(24)22-18/h2-4,6-9,12-13,19H,5,10-11H2,1H3,(H,22,24)/t19-/m0/s1. The van der Waals surface area contributed by atoms with Crippen molar-refractivity contribution in [3.63, 3.8) is 0 Å². The molecule has 26 heavy (non-hydrogen) atoms. The van der Waals surface area contributed by atoms with Gasteiger partial charge in [0.15, 0.2) is 0 Å². The number of aromatic nitrogens is 1. The number of carbonyl (C=O) groups excluding carboxylic acids is 1. The number of amides is 1. The average Bonchev–Trinajstić information content (AvgIpc) is 3.17. The third-order valence-corrected chi connectivity index (χ3v) is 4.98. The van der Waals surface area contributed by atoms with Gasteiger partial charge in [0.25, 0.3) is 11.5 Å². The van der Waals surface area contributed by atoms with E-state index in [0.717, 1.165) is 29.5 Å². The monoisotopic (exact) mass is 348 g/mol. The number of aromatic amines is 1. The smallest absolute Gasteiger partial charge is 0.270 e. The molecule has 1 N–H and O–H groups in total. The Labute approximate surface area is 151 Å². The van der Waals surface area contributed by atoms with Crippen molar-refractivity contribution in [3.05, 3.63) is 76.2 Å². The zero-order valence-corrected chi connectivity index (χ0v) is 14.6. The Morgan fingerprint density at radius 3 is 2.85 bits per heavy atom. The van der Waals surface area contributed by atoms with Crippen molar-refractivity contribution in [1.29, 1.82) is 0 Å². The molecule has 3 aromatic rings. The molecule has 1 saturated heterocycles. The van der Waals surface area contributed by atoms with Crippen LogP contribution in [0, 0.1) is 0 Å². The second kappa shape index (κ2) is 6.67. The largest absolute Gasteiger partial charge is 0.497 e. The number of H-pyrrole nitrogens is 1. The Kier molecular flexibility index (Phi) is 4.21. The minimum Gasteiger partial charge on any atom is -0.497 e. The van der Waals surface area contributed by atoms with Crippen molar-refractivity contribution >= 4 is 16.7 Å². The number of hydrogen-bond acceptors (Lipinski definition) is 3. The van der Waals surface area contributed by atoms with Crippen molar-refractivity contribution in [2.24, 2.45) is 0 Å². The quantitative estimate of drug-likeness (QED) is 0.788. The van der Waals surface area contributed by atoms with Crippen LogP contribution in [0.25, 0.3) is 10.8 Å². The van der Waals surface area contributed by atoms with Crippen molar-refractivity contribution in [2.75, 3.05) is 13.7 Å². The molecular formula is C21H20N2O3. The zero-order valence-electron chi connectivity index (χ0n) is 14.6. The predicted octanol–water partition coefficient (Wildman–Crippen LogP) is 3.51. The molecule has 0 spiro atoms. The molecule has 5 nitrogen and oxygen atoms in total. The highest BCUT2D eigenvalue weighted by atomic mass is 16.5. The summed E-state index contributed by atoms with van der Waals surface area (Å²) >= 11 is 0. The summed E-state index contributed by atoms with van der Waals surface area (Å²) in [5.41, 5.74) is 1.16. The van der Waals surface area contributed by atoms with Crippen LogP contribution in [0.3, 0.4) is 0 Å². The summed E-state index contributed by atoms with van der Waals surface area (Å²) in [6.45, 7) is 0.676. The lowest BCUT2D eigenvalue weighted by atomic mass is 10.0. The third kappa shape index (κ3) is 2.86. The number of nitrogens with zero attached hydrogens (tertiary/aromatic N) is 1. The molecule has 0 unspecified atom stereocenters. The summed E-state index contributed by atoms with van der Waals surface area (Å²) in [4.78, 5) is 30.0. The predicted molar refractivity (Wildman–Crippen MR) is 101 cm³/mol. The van der Waals surface area contributed by atoms with Crippen LogP contribution in [0.2, 0.25) is 0 Å². The number of hydrogen-bond donors (Lipinski definition) is 1. The number of pyridine rings is 1. The van der Waals surface area contributed by atoms with Crippen LogP contribution in [0.5, 0.6) is 5.75 Å². The topological polar surface area (TPSA) is 62.4 Å². The van der Waals surface area contributed by atoms with Gasteiger partial charge in [-0.1, -0.05) is 30.3 Å². The van der Waals surface area contributed by atoms with Crippen LogP contribution in [0.4, 0.5) is 0 Å². The van der Waals surface area contributed by atoms with Crippen molar-refractivity contribution in [3.8, 4) is 5.75 Å². The van der Waals surface area contributed by atoms with Crippen LogP contribution in [-0.2, 0) is 0 Å². The lowest BCUT2D eigenvalue weighted by Gasteiger charge is -2.25. The van der Waals surface area contributed by atoms with E-state index in [0.29, 0.717) is 17.6 Å². The van der Waals surface area contributed by atoms with E-state index >= 15 is 0 Å². The van der Waals surface area contributed by atoms with Gasteiger partial charge in [0, 0.05) is 11.9 Å². The second-order valence-corrected chi connectivity index (χ2v) is 6.53. The first kappa shape index (κ1) is 16.4. The number of ether oxygens (including phenoxy) is 1. The molecule has 1 fully saturated rings. The number of rotatable bonds is 3. The van der Waals surface area contributed by atoms with E-state index in [1.165, 1.54) is 0 Å². The van der Waals surface area contributed by atoms with E-state index < -0.39 is 0 Å². The number of likely N-dealkylation sites (tertiary alicyclic amines) is 1. The maximum atomic E-state index is 13.1. The molecule has 1 amide bonds. The van der Waals surface area contributed by atoms with Crippen molar-refractivity contribution in [1.82, 2.24) is 9.88 Å². The van der Waals surface area contributed by atoms with E-state index in [2.05, 4.69) is 4.98 Å². The number of carbonyl (C=O) groups is 1. The summed E-state index contributed by atoms with van der Waals surface area (Å²) in [5, 5.41) is 1.37. The molecule has 1 aromatic heterocycles. The Morgan fingerprint density at radius 1 is 1.15 bits per heavy atom. The Hall–Kier alpha value is -3.08. The summed E-state index contributed by atoms with van der Waals surface area (Å²) in [6, 6.07) is 16.9. The molecule has 5 heteroatoms. The molecule has 0 aliphatic carbocycles. The molecule has 2 heterocycles. The Bertz CT molecular complexity index is 1020. The van der Waals surface area contributed by atoms with Gasteiger partial charge in [0.05, 0.1) is 13.2 Å². The molecule has 1 aliphatic rings. The first-order valence-electron chi connectivity index (χ1n) is 8.74. The average molecular weight is 348 g/mol. The van der Waals surface area contributed by atoms with Gasteiger partial charge in [-0.3, -0.25) is 9.59 Å². The van der Waals surface area contributed by atoms with Crippen LogP contribution in [0.15, 0.2) is 59.4 Å². The third-order valence-electron chi connectivity index (χ3n) is 4.98. The van der Waals surface area contributed by atoms with Gasteiger partial charge >= 0.3 is 0 Å². The van der Waals surface area contributed by atoms with E-state index in [4.69, 9.17) is 4.74 Å². The normalized spacial score (nSPS) is 16.8. The van der Waals surface area contributed by atoms with E-state index in [1.807, 2.05) is 47.4 Å². The highest BCUT2D eigenvalue weighted by Crippen LogP contribution is 2.34. The first-order chi connectivity index (χ1) is 12.7. The van der Waals surface area contributed by atoms with Gasteiger partial charge in [-0.2, -0.15) is 0 Å². The molecule has 1 aliphatic heterocycles. The number of nitrogens with one attached hydrogen (secondary N) is 1. The summed E-state index contributed by atoms with van der Waals surface area (Å²) < 4.78 is 5.31. The van der Waals surface area contributed by atoms with Gasteiger partial charge in [-0.05, 0) is 48.1 Å². The molecule has 0 radical (unpaired) electrons. The van der Waals surface area contributed by atoms with Gasteiger partial charge in [-0.15, -0.1) is 0 Å². The van der Waals surface area contributed by atoms with Crippen LogP contribution >= 0.6 is 0 Å². The SMILES string of the molecule is COc1cccc([C@@H]2CCCN2C(=O)c2cc3ccccc3c(=O)[nH]2)c1. The molecule has 0 bridgehead atoms. The fourth-order valence-corrected chi connectivity index (χ4v) is 3.69. The zero-order chi connectivity index (χ0) is 18.1. The fourth-order valence-electron chi connectivity index (χ4n) is 3.69. The van der Waals surface area contributed by atoms with Crippen LogP contribution < -0.4 is 10.3 Å².